The third-order valence-electron chi connectivity index (χ3n) is 3.78. The lowest BCUT2D eigenvalue weighted by Crippen LogP contribution is -2.15. The van der Waals surface area contributed by atoms with Crippen LogP contribution in [0.1, 0.15) is 21.6 Å². The van der Waals surface area contributed by atoms with Crippen molar-refractivity contribution in [2.24, 2.45) is 0 Å². The monoisotopic (exact) mass is 354 g/mol. The van der Waals surface area contributed by atoms with Crippen molar-refractivity contribution in [2.45, 2.75) is 13.8 Å². The predicted octanol–water partition coefficient (Wildman–Crippen LogP) is 4.37. The summed E-state index contributed by atoms with van der Waals surface area (Å²) >= 11 is 0. The standard InChI is InChI=1S/C19H16F2N4O/c1-11-4-3-5-12(2)17(11)25-19-22-9-8-16(24-19)18(26)23-13-6-7-14(20)15(21)10-13/h3-10H,1-2H3,(H,23,26)(H,22,24,25). The quantitative estimate of drug-likeness (QED) is 0.730. The zero-order valence-corrected chi connectivity index (χ0v) is 14.2. The summed E-state index contributed by atoms with van der Waals surface area (Å²) in [5.74, 6) is -2.31. The van der Waals surface area contributed by atoms with E-state index in [0.717, 1.165) is 28.9 Å². The van der Waals surface area contributed by atoms with Gasteiger partial charge in [-0.2, -0.15) is 0 Å². The van der Waals surface area contributed by atoms with Gasteiger partial charge in [0.25, 0.3) is 5.91 Å². The predicted molar refractivity (Wildman–Crippen MR) is 95.5 cm³/mol. The van der Waals surface area contributed by atoms with Gasteiger partial charge in [-0.05, 0) is 43.2 Å². The molecule has 132 valence electrons. The van der Waals surface area contributed by atoms with Crippen molar-refractivity contribution in [1.29, 1.82) is 0 Å². The largest absolute Gasteiger partial charge is 0.324 e. The Balaban J connectivity index is 1.80. The van der Waals surface area contributed by atoms with E-state index >= 15 is 0 Å². The average molecular weight is 354 g/mol. The number of rotatable bonds is 4. The smallest absolute Gasteiger partial charge is 0.274 e. The van der Waals surface area contributed by atoms with Crippen molar-refractivity contribution in [3.05, 3.63) is 77.1 Å². The summed E-state index contributed by atoms with van der Waals surface area (Å²) in [6, 6.07) is 10.4. The van der Waals surface area contributed by atoms with Crippen LogP contribution in [0.5, 0.6) is 0 Å². The lowest BCUT2D eigenvalue weighted by Gasteiger charge is -2.12. The lowest BCUT2D eigenvalue weighted by molar-refractivity contribution is 0.102. The number of halogens is 2. The second-order valence-electron chi connectivity index (χ2n) is 5.74. The van der Waals surface area contributed by atoms with Gasteiger partial charge in [-0.1, -0.05) is 18.2 Å². The number of aromatic nitrogens is 2. The van der Waals surface area contributed by atoms with Gasteiger partial charge in [0, 0.05) is 23.6 Å². The average Bonchev–Trinajstić information content (AvgIpc) is 2.62. The Morgan fingerprint density at radius 1 is 1.00 bits per heavy atom. The maximum atomic E-state index is 13.3. The second-order valence-corrected chi connectivity index (χ2v) is 5.74. The van der Waals surface area contributed by atoms with Crippen molar-refractivity contribution >= 4 is 23.2 Å². The van der Waals surface area contributed by atoms with Crippen molar-refractivity contribution in [3.8, 4) is 0 Å². The molecule has 2 N–H and O–H groups in total. The molecule has 2 aromatic carbocycles. The highest BCUT2D eigenvalue weighted by Crippen LogP contribution is 2.22. The van der Waals surface area contributed by atoms with E-state index < -0.39 is 17.5 Å². The summed E-state index contributed by atoms with van der Waals surface area (Å²) in [5, 5.41) is 5.58. The molecule has 0 saturated carbocycles. The van der Waals surface area contributed by atoms with Crippen LogP contribution in [0, 0.1) is 25.5 Å². The first-order chi connectivity index (χ1) is 12.4. The molecule has 0 radical (unpaired) electrons. The minimum absolute atomic E-state index is 0.0958. The fourth-order valence-corrected chi connectivity index (χ4v) is 2.44. The van der Waals surface area contributed by atoms with Crippen LogP contribution < -0.4 is 10.6 Å². The van der Waals surface area contributed by atoms with Gasteiger partial charge >= 0.3 is 0 Å². The Bertz CT molecular complexity index is 955. The molecule has 1 heterocycles. The van der Waals surface area contributed by atoms with Gasteiger partial charge < -0.3 is 10.6 Å². The summed E-state index contributed by atoms with van der Waals surface area (Å²) < 4.78 is 26.2. The molecule has 0 spiro atoms. The van der Waals surface area contributed by atoms with Crippen LogP contribution in [-0.2, 0) is 0 Å². The summed E-state index contributed by atoms with van der Waals surface area (Å²) in [6.45, 7) is 3.91. The number of nitrogens with one attached hydrogen (secondary N) is 2. The van der Waals surface area contributed by atoms with Gasteiger partial charge in [0.15, 0.2) is 11.6 Å². The summed E-state index contributed by atoms with van der Waals surface area (Å²) in [7, 11) is 0. The fraction of sp³-hybridized carbons (Fsp3) is 0.105. The highest BCUT2D eigenvalue weighted by atomic mass is 19.2. The van der Waals surface area contributed by atoms with Crippen LogP contribution in [0.2, 0.25) is 0 Å². The zero-order chi connectivity index (χ0) is 18.7. The normalized spacial score (nSPS) is 10.5. The van der Waals surface area contributed by atoms with Gasteiger partial charge in [-0.25, -0.2) is 18.7 Å². The maximum absolute atomic E-state index is 13.3. The Hall–Kier alpha value is -3.35. The third-order valence-corrected chi connectivity index (χ3v) is 3.78. The molecule has 3 aromatic rings. The highest BCUT2D eigenvalue weighted by Gasteiger charge is 2.12. The molecule has 0 aliphatic rings. The molecule has 0 aliphatic heterocycles. The number of amides is 1. The maximum Gasteiger partial charge on any atom is 0.274 e. The van der Waals surface area contributed by atoms with E-state index in [4.69, 9.17) is 0 Å². The van der Waals surface area contributed by atoms with Gasteiger partial charge in [0.05, 0.1) is 0 Å². The molecule has 0 saturated heterocycles. The molecule has 5 nitrogen and oxygen atoms in total. The van der Waals surface area contributed by atoms with E-state index in [1.54, 1.807) is 0 Å². The van der Waals surface area contributed by atoms with Gasteiger partial charge in [-0.3, -0.25) is 4.79 Å². The number of carbonyl (C=O) groups excluding carboxylic acids is 1. The number of anilines is 3. The number of nitrogens with zero attached hydrogens (tertiary/aromatic N) is 2. The first-order valence-electron chi connectivity index (χ1n) is 7.87. The fourth-order valence-electron chi connectivity index (χ4n) is 2.44. The van der Waals surface area contributed by atoms with Gasteiger partial charge in [0.1, 0.15) is 5.69 Å². The van der Waals surface area contributed by atoms with Crippen molar-refractivity contribution in [1.82, 2.24) is 9.97 Å². The SMILES string of the molecule is Cc1cccc(C)c1Nc1nccc(C(=O)Nc2ccc(F)c(F)c2)n1. The Labute approximate surface area is 149 Å². The summed E-state index contributed by atoms with van der Waals surface area (Å²) in [5.41, 5.74) is 3.14. The first kappa shape index (κ1) is 17.5. The van der Waals surface area contributed by atoms with Crippen LogP contribution in [0.25, 0.3) is 0 Å². The second kappa shape index (κ2) is 7.26. The van der Waals surface area contributed by atoms with Crippen LogP contribution in [0.3, 0.4) is 0 Å². The van der Waals surface area contributed by atoms with E-state index in [1.165, 1.54) is 18.3 Å². The van der Waals surface area contributed by atoms with Crippen molar-refractivity contribution in [2.75, 3.05) is 10.6 Å². The topological polar surface area (TPSA) is 66.9 Å². The molecule has 7 heteroatoms. The summed E-state index contributed by atoms with van der Waals surface area (Å²) in [6.07, 6.45) is 1.45. The number of benzene rings is 2. The number of carbonyl (C=O) groups is 1. The van der Waals surface area contributed by atoms with E-state index in [0.29, 0.717) is 0 Å². The third kappa shape index (κ3) is 3.83. The van der Waals surface area contributed by atoms with E-state index in [1.807, 2.05) is 32.0 Å². The molecule has 0 aliphatic carbocycles. The van der Waals surface area contributed by atoms with E-state index in [-0.39, 0.29) is 17.3 Å². The molecule has 0 unspecified atom stereocenters. The van der Waals surface area contributed by atoms with E-state index in [9.17, 15) is 13.6 Å². The summed E-state index contributed by atoms with van der Waals surface area (Å²) in [4.78, 5) is 20.6. The number of hydrogen-bond acceptors (Lipinski definition) is 4. The Morgan fingerprint density at radius 3 is 2.42 bits per heavy atom. The molecule has 0 fully saturated rings. The number of aryl methyl sites for hydroxylation is 2. The zero-order valence-electron chi connectivity index (χ0n) is 14.2. The van der Waals surface area contributed by atoms with Crippen LogP contribution in [0.4, 0.5) is 26.1 Å². The molecule has 1 amide bonds. The Kier molecular flexibility index (Phi) is 4.88. The van der Waals surface area contributed by atoms with Crippen LogP contribution in [0.15, 0.2) is 48.7 Å². The van der Waals surface area contributed by atoms with Crippen molar-refractivity contribution < 1.29 is 13.6 Å². The molecule has 26 heavy (non-hydrogen) atoms. The molecule has 3 rings (SSSR count). The molecule has 0 atom stereocenters. The molecular formula is C19H16F2N4O. The van der Waals surface area contributed by atoms with Gasteiger partial charge in [0.2, 0.25) is 5.95 Å². The minimum Gasteiger partial charge on any atom is -0.324 e. The number of hydrogen-bond donors (Lipinski definition) is 2. The van der Waals surface area contributed by atoms with Gasteiger partial charge in [-0.15, -0.1) is 0 Å². The van der Waals surface area contributed by atoms with Crippen LogP contribution >= 0.6 is 0 Å². The van der Waals surface area contributed by atoms with E-state index in [2.05, 4.69) is 20.6 Å². The molecule has 0 bridgehead atoms. The molecule has 1 aromatic heterocycles. The molecular weight excluding hydrogens is 338 g/mol. The lowest BCUT2D eigenvalue weighted by atomic mass is 10.1. The number of para-hydroxylation sites is 1. The first-order valence-corrected chi connectivity index (χ1v) is 7.87. The Morgan fingerprint density at radius 2 is 1.73 bits per heavy atom. The van der Waals surface area contributed by atoms with Crippen LogP contribution in [-0.4, -0.2) is 15.9 Å². The van der Waals surface area contributed by atoms with Crippen molar-refractivity contribution in [3.63, 3.8) is 0 Å². The highest BCUT2D eigenvalue weighted by molar-refractivity contribution is 6.03. The minimum atomic E-state index is -1.04.